The number of carbonyl (C=O) groups is 1. The quantitative estimate of drug-likeness (QED) is 0.268. The average Bonchev–Trinajstić information content (AvgIpc) is 2.62. The van der Waals surface area contributed by atoms with Gasteiger partial charge in [-0.05, 0) is 44.9 Å². The minimum atomic E-state index is -0.989. The molecule has 0 amide bonds. The van der Waals surface area contributed by atoms with Gasteiger partial charge in [-0.3, -0.25) is 4.79 Å². The number of carboxylic acids is 1. The lowest BCUT2D eigenvalue weighted by Crippen LogP contribution is -2.25. The Labute approximate surface area is 158 Å². The van der Waals surface area contributed by atoms with Crippen LogP contribution < -0.4 is 0 Å². The normalized spacial score (nSPS) is 14.9. The number of hydrogen-bond donors (Lipinski definition) is 3. The van der Waals surface area contributed by atoms with Crippen molar-refractivity contribution < 1.29 is 20.1 Å². The lowest BCUT2D eigenvalue weighted by atomic mass is 10.1. The lowest BCUT2D eigenvalue weighted by molar-refractivity contribution is -0.138. The molecule has 26 heavy (non-hydrogen) atoms. The van der Waals surface area contributed by atoms with Gasteiger partial charge < -0.3 is 15.3 Å². The molecule has 2 unspecified atom stereocenters. The molecule has 0 aromatic carbocycles. The number of aliphatic carboxylic acids is 1. The van der Waals surface area contributed by atoms with Gasteiger partial charge in [-0.25, -0.2) is 0 Å². The highest BCUT2D eigenvalue weighted by atomic mass is 16.4. The van der Waals surface area contributed by atoms with Crippen LogP contribution >= 0.6 is 0 Å². The van der Waals surface area contributed by atoms with E-state index in [9.17, 15) is 15.0 Å². The Morgan fingerprint density at radius 1 is 0.808 bits per heavy atom. The predicted octanol–water partition coefficient (Wildman–Crippen LogP) is 4.94. The first kappa shape index (κ1) is 24.4. The van der Waals surface area contributed by atoms with Gasteiger partial charge in [-0.1, -0.05) is 68.4 Å². The van der Waals surface area contributed by atoms with Gasteiger partial charge in [0.15, 0.2) is 0 Å². The van der Waals surface area contributed by atoms with Crippen molar-refractivity contribution in [1.29, 1.82) is 0 Å². The molecular formula is C22H36O4. The van der Waals surface area contributed by atoms with Gasteiger partial charge >= 0.3 is 5.97 Å². The molecule has 0 aliphatic heterocycles. The summed E-state index contributed by atoms with van der Waals surface area (Å²) in [5.74, 6) is -0.964. The summed E-state index contributed by atoms with van der Waals surface area (Å²) >= 11 is 0. The first-order valence-corrected chi connectivity index (χ1v) is 9.75. The smallest absolute Gasteiger partial charge is 0.303 e. The number of carboxylic acid groups (broad SMARTS) is 1. The van der Waals surface area contributed by atoms with Crippen molar-refractivity contribution in [3.63, 3.8) is 0 Å². The minimum Gasteiger partial charge on any atom is -0.481 e. The van der Waals surface area contributed by atoms with E-state index >= 15 is 0 Å². The van der Waals surface area contributed by atoms with Gasteiger partial charge in [0.25, 0.3) is 0 Å². The SMILES string of the molecule is CCCCCC=CCC=CCC=CCC=CCC(O)C(O)CCC(=O)O. The molecule has 0 aliphatic rings. The molecule has 0 saturated heterocycles. The molecule has 0 saturated carbocycles. The number of aliphatic hydroxyl groups excluding tert-OH is 2. The molecule has 3 N–H and O–H groups in total. The summed E-state index contributed by atoms with van der Waals surface area (Å²) in [6, 6.07) is 0. The molecular weight excluding hydrogens is 328 g/mol. The fourth-order valence-electron chi connectivity index (χ4n) is 2.30. The molecule has 2 atom stereocenters. The predicted molar refractivity (Wildman–Crippen MR) is 108 cm³/mol. The largest absolute Gasteiger partial charge is 0.481 e. The second-order valence-electron chi connectivity index (χ2n) is 6.39. The van der Waals surface area contributed by atoms with E-state index < -0.39 is 18.2 Å². The Kier molecular flexibility index (Phi) is 17.0. The Morgan fingerprint density at radius 2 is 1.35 bits per heavy atom. The third-order valence-electron chi connectivity index (χ3n) is 3.93. The van der Waals surface area contributed by atoms with E-state index in [4.69, 9.17) is 5.11 Å². The van der Waals surface area contributed by atoms with Crippen LogP contribution in [-0.2, 0) is 4.79 Å². The van der Waals surface area contributed by atoms with E-state index in [1.807, 2.05) is 12.2 Å². The Bertz CT molecular complexity index is 449. The third-order valence-corrected chi connectivity index (χ3v) is 3.93. The van der Waals surface area contributed by atoms with Gasteiger partial charge in [0.2, 0.25) is 0 Å². The van der Waals surface area contributed by atoms with Crippen molar-refractivity contribution in [3.05, 3.63) is 48.6 Å². The molecule has 0 aromatic rings. The fraction of sp³-hybridized carbons (Fsp3) is 0.591. The summed E-state index contributed by atoms with van der Waals surface area (Å²) in [7, 11) is 0. The van der Waals surface area contributed by atoms with E-state index in [-0.39, 0.29) is 12.8 Å². The highest BCUT2D eigenvalue weighted by molar-refractivity contribution is 5.66. The standard InChI is InChI=1S/C22H36O4/c1-2-3-4-5-6-7-8-9-10-11-12-13-14-15-16-17-20(23)21(24)18-19-22(25)26/h6-7,9-10,12-13,15-16,20-21,23-24H,2-5,8,11,14,17-19H2,1H3,(H,25,26). The number of hydrogen-bond acceptors (Lipinski definition) is 3. The van der Waals surface area contributed by atoms with Crippen molar-refractivity contribution in [3.8, 4) is 0 Å². The van der Waals surface area contributed by atoms with E-state index in [1.165, 1.54) is 25.7 Å². The molecule has 0 spiro atoms. The Hall–Kier alpha value is -1.65. The molecule has 0 aliphatic carbocycles. The molecule has 0 radical (unpaired) electrons. The van der Waals surface area contributed by atoms with E-state index in [0.29, 0.717) is 6.42 Å². The van der Waals surface area contributed by atoms with Crippen LogP contribution in [-0.4, -0.2) is 33.5 Å². The number of rotatable bonds is 16. The first-order chi connectivity index (χ1) is 12.6. The summed E-state index contributed by atoms with van der Waals surface area (Å²) in [4.78, 5) is 10.4. The van der Waals surface area contributed by atoms with E-state index in [0.717, 1.165) is 19.3 Å². The molecule has 0 fully saturated rings. The van der Waals surface area contributed by atoms with E-state index in [2.05, 4.69) is 43.4 Å². The van der Waals surface area contributed by atoms with Crippen molar-refractivity contribution in [2.45, 2.75) is 83.3 Å². The molecule has 4 heteroatoms. The highest BCUT2D eigenvalue weighted by Crippen LogP contribution is 2.07. The van der Waals surface area contributed by atoms with Gasteiger partial charge in [0.1, 0.15) is 0 Å². The topological polar surface area (TPSA) is 77.8 Å². The fourth-order valence-corrected chi connectivity index (χ4v) is 2.30. The molecule has 0 aromatic heterocycles. The number of unbranched alkanes of at least 4 members (excludes halogenated alkanes) is 3. The summed E-state index contributed by atoms with van der Waals surface area (Å²) in [5, 5.41) is 27.9. The molecule has 0 bridgehead atoms. The van der Waals surface area contributed by atoms with Crippen LogP contribution in [0.15, 0.2) is 48.6 Å². The number of aliphatic hydroxyl groups is 2. The maximum Gasteiger partial charge on any atom is 0.303 e. The van der Waals surface area contributed by atoms with Crippen molar-refractivity contribution in [2.75, 3.05) is 0 Å². The average molecular weight is 365 g/mol. The summed E-state index contributed by atoms with van der Waals surface area (Å²) in [5.41, 5.74) is 0. The van der Waals surface area contributed by atoms with Crippen molar-refractivity contribution in [1.82, 2.24) is 0 Å². The molecule has 4 nitrogen and oxygen atoms in total. The van der Waals surface area contributed by atoms with Crippen LogP contribution in [0, 0.1) is 0 Å². The highest BCUT2D eigenvalue weighted by Gasteiger charge is 2.15. The number of allylic oxidation sites excluding steroid dienone is 7. The Balaban J connectivity index is 3.66. The van der Waals surface area contributed by atoms with Crippen LogP contribution in [0.1, 0.15) is 71.1 Å². The Morgan fingerprint density at radius 3 is 1.88 bits per heavy atom. The second kappa shape index (κ2) is 18.2. The summed E-state index contributed by atoms with van der Waals surface area (Å²) in [6.45, 7) is 2.22. The van der Waals surface area contributed by atoms with Crippen LogP contribution in [0.3, 0.4) is 0 Å². The lowest BCUT2D eigenvalue weighted by Gasteiger charge is -2.14. The second-order valence-corrected chi connectivity index (χ2v) is 6.39. The third kappa shape index (κ3) is 17.2. The summed E-state index contributed by atoms with van der Waals surface area (Å²) < 4.78 is 0. The maximum atomic E-state index is 10.4. The van der Waals surface area contributed by atoms with Gasteiger partial charge in [0, 0.05) is 6.42 Å². The summed E-state index contributed by atoms with van der Waals surface area (Å²) in [6.07, 6.45) is 22.8. The molecule has 0 rings (SSSR count). The van der Waals surface area contributed by atoms with Crippen LogP contribution in [0.25, 0.3) is 0 Å². The van der Waals surface area contributed by atoms with Gasteiger partial charge in [-0.15, -0.1) is 0 Å². The van der Waals surface area contributed by atoms with Gasteiger partial charge in [0.05, 0.1) is 12.2 Å². The van der Waals surface area contributed by atoms with Crippen molar-refractivity contribution >= 4 is 5.97 Å². The van der Waals surface area contributed by atoms with Crippen LogP contribution in [0.5, 0.6) is 0 Å². The van der Waals surface area contributed by atoms with E-state index in [1.54, 1.807) is 0 Å². The zero-order valence-electron chi connectivity index (χ0n) is 16.1. The zero-order valence-corrected chi connectivity index (χ0v) is 16.1. The van der Waals surface area contributed by atoms with Gasteiger partial charge in [-0.2, -0.15) is 0 Å². The maximum absolute atomic E-state index is 10.4. The monoisotopic (exact) mass is 364 g/mol. The minimum absolute atomic E-state index is 0.0739. The molecule has 148 valence electrons. The first-order valence-electron chi connectivity index (χ1n) is 9.75. The van der Waals surface area contributed by atoms with Crippen LogP contribution in [0.2, 0.25) is 0 Å². The zero-order chi connectivity index (χ0) is 19.5. The van der Waals surface area contributed by atoms with Crippen molar-refractivity contribution in [2.24, 2.45) is 0 Å². The van der Waals surface area contributed by atoms with Crippen LogP contribution in [0.4, 0.5) is 0 Å². The molecule has 0 heterocycles.